The number of nitrogens with two attached hydrogens (primary N) is 1. The van der Waals surface area contributed by atoms with Gasteiger partial charge >= 0.3 is 5.97 Å². The third-order valence-corrected chi connectivity index (χ3v) is 2.31. The summed E-state index contributed by atoms with van der Waals surface area (Å²) < 4.78 is 17.8. The number of nitrogen functional groups attached to an aromatic ring is 1. The van der Waals surface area contributed by atoms with Gasteiger partial charge in [0.15, 0.2) is 6.10 Å². The van der Waals surface area contributed by atoms with E-state index in [2.05, 4.69) is 11.9 Å². The fraction of sp³-hybridized carbons (Fsp3) is 0.231. The lowest BCUT2D eigenvalue weighted by atomic mass is 10.2. The van der Waals surface area contributed by atoms with E-state index in [9.17, 15) is 14.0 Å². The van der Waals surface area contributed by atoms with Crippen LogP contribution in [0.5, 0.6) is 0 Å². The Morgan fingerprint density at radius 1 is 1.58 bits per heavy atom. The molecule has 0 unspecified atom stereocenters. The first-order chi connectivity index (χ1) is 8.95. The highest BCUT2D eigenvalue weighted by molar-refractivity contribution is 5.96. The molecule has 0 aliphatic heterocycles. The average molecular weight is 266 g/mol. The lowest BCUT2D eigenvalue weighted by Crippen LogP contribution is -2.35. The summed E-state index contributed by atoms with van der Waals surface area (Å²) in [7, 11) is 0. The normalized spacial score (nSPS) is 11.5. The van der Waals surface area contributed by atoms with Crippen molar-refractivity contribution in [1.29, 1.82) is 0 Å². The van der Waals surface area contributed by atoms with E-state index in [1.54, 1.807) is 0 Å². The second-order valence-electron chi connectivity index (χ2n) is 3.81. The van der Waals surface area contributed by atoms with Gasteiger partial charge in [0.05, 0.1) is 5.56 Å². The number of carbonyl (C=O) groups excluding carboxylic acids is 2. The number of carbonyl (C=O) groups is 2. The number of ether oxygens (including phenoxy) is 1. The number of esters is 1. The van der Waals surface area contributed by atoms with Crippen LogP contribution in [0.1, 0.15) is 17.3 Å². The molecule has 0 bridgehead atoms. The molecule has 0 aliphatic rings. The SMILES string of the molecule is C=CCNC(=O)[C@H](C)OC(=O)c1ccc(F)cc1N. The third kappa shape index (κ3) is 4.09. The topological polar surface area (TPSA) is 81.4 Å². The highest BCUT2D eigenvalue weighted by Gasteiger charge is 2.19. The van der Waals surface area contributed by atoms with Gasteiger partial charge in [0.2, 0.25) is 0 Å². The summed E-state index contributed by atoms with van der Waals surface area (Å²) in [6, 6.07) is 3.32. The van der Waals surface area contributed by atoms with Crippen molar-refractivity contribution in [1.82, 2.24) is 5.32 Å². The maximum Gasteiger partial charge on any atom is 0.341 e. The second-order valence-corrected chi connectivity index (χ2v) is 3.81. The average Bonchev–Trinajstić information content (AvgIpc) is 2.35. The Labute approximate surface area is 110 Å². The lowest BCUT2D eigenvalue weighted by Gasteiger charge is -2.13. The minimum absolute atomic E-state index is 0.0183. The number of hydrogen-bond acceptors (Lipinski definition) is 4. The van der Waals surface area contributed by atoms with Crippen molar-refractivity contribution in [3.8, 4) is 0 Å². The molecule has 0 aliphatic carbocycles. The van der Waals surface area contributed by atoms with Crippen LogP contribution in [0.3, 0.4) is 0 Å². The van der Waals surface area contributed by atoms with Gasteiger partial charge in [0.25, 0.3) is 5.91 Å². The van der Waals surface area contributed by atoms with E-state index in [0.717, 1.165) is 12.1 Å². The van der Waals surface area contributed by atoms with E-state index in [-0.39, 0.29) is 17.8 Å². The van der Waals surface area contributed by atoms with E-state index in [0.29, 0.717) is 0 Å². The Morgan fingerprint density at radius 3 is 2.84 bits per heavy atom. The number of benzene rings is 1. The van der Waals surface area contributed by atoms with Crippen LogP contribution in [-0.2, 0) is 9.53 Å². The van der Waals surface area contributed by atoms with Crippen molar-refractivity contribution in [2.75, 3.05) is 12.3 Å². The van der Waals surface area contributed by atoms with Crippen LogP contribution in [0.25, 0.3) is 0 Å². The molecule has 1 aromatic carbocycles. The summed E-state index contributed by atoms with van der Waals surface area (Å²) in [5.74, 6) is -1.78. The van der Waals surface area contributed by atoms with Gasteiger partial charge < -0.3 is 15.8 Å². The van der Waals surface area contributed by atoms with Crippen molar-refractivity contribution in [2.45, 2.75) is 13.0 Å². The molecule has 5 nitrogen and oxygen atoms in total. The Hall–Kier alpha value is -2.37. The maximum atomic E-state index is 12.8. The summed E-state index contributed by atoms with van der Waals surface area (Å²) in [4.78, 5) is 23.2. The van der Waals surface area contributed by atoms with Gasteiger partial charge in [-0.05, 0) is 25.1 Å². The third-order valence-electron chi connectivity index (χ3n) is 2.31. The van der Waals surface area contributed by atoms with Crippen LogP contribution >= 0.6 is 0 Å². The zero-order chi connectivity index (χ0) is 14.4. The predicted molar refractivity (Wildman–Crippen MR) is 68.9 cm³/mol. The largest absolute Gasteiger partial charge is 0.449 e. The summed E-state index contributed by atoms with van der Waals surface area (Å²) in [6.07, 6.45) is 0.529. The summed E-state index contributed by atoms with van der Waals surface area (Å²) in [5.41, 5.74) is 5.48. The molecule has 3 N–H and O–H groups in total. The van der Waals surface area contributed by atoms with E-state index in [1.165, 1.54) is 19.1 Å². The van der Waals surface area contributed by atoms with Crippen LogP contribution < -0.4 is 11.1 Å². The summed E-state index contributed by atoms with van der Waals surface area (Å²) in [5, 5.41) is 2.49. The van der Waals surface area contributed by atoms with Gasteiger partial charge in [-0.25, -0.2) is 9.18 Å². The quantitative estimate of drug-likeness (QED) is 0.477. The Kier molecular flexibility index (Phi) is 5.05. The number of rotatable bonds is 5. The predicted octanol–water partition coefficient (Wildman–Crippen LogP) is 1.26. The zero-order valence-corrected chi connectivity index (χ0v) is 10.5. The van der Waals surface area contributed by atoms with Crippen molar-refractivity contribution < 1.29 is 18.7 Å². The van der Waals surface area contributed by atoms with E-state index >= 15 is 0 Å². The number of halogens is 1. The highest BCUT2D eigenvalue weighted by atomic mass is 19.1. The molecule has 1 atom stereocenters. The molecule has 0 radical (unpaired) electrons. The standard InChI is InChI=1S/C13H15FN2O3/c1-3-6-16-12(17)8(2)19-13(18)10-5-4-9(14)7-11(10)15/h3-5,7-8H,1,6,15H2,2H3,(H,16,17)/t8-/m0/s1. The fourth-order valence-electron chi connectivity index (χ4n) is 1.31. The zero-order valence-electron chi connectivity index (χ0n) is 10.5. The Balaban J connectivity index is 2.68. The second kappa shape index (κ2) is 6.53. The van der Waals surface area contributed by atoms with Crippen molar-refractivity contribution in [2.24, 2.45) is 0 Å². The Bertz CT molecular complexity index is 503. The van der Waals surface area contributed by atoms with Crippen LogP contribution in [0.4, 0.5) is 10.1 Å². The molecule has 102 valence electrons. The van der Waals surface area contributed by atoms with Crippen LogP contribution in [-0.4, -0.2) is 24.5 Å². The highest BCUT2D eigenvalue weighted by Crippen LogP contribution is 2.15. The van der Waals surface area contributed by atoms with E-state index in [1.807, 2.05) is 0 Å². The van der Waals surface area contributed by atoms with Gasteiger partial charge in [-0.2, -0.15) is 0 Å². The monoisotopic (exact) mass is 266 g/mol. The molecule has 1 aromatic rings. The molecular formula is C13H15FN2O3. The minimum atomic E-state index is -0.975. The first kappa shape index (κ1) is 14.7. The van der Waals surface area contributed by atoms with Crippen LogP contribution in [0, 0.1) is 5.82 Å². The summed E-state index contributed by atoms with van der Waals surface area (Å²) in [6.45, 7) is 5.15. The molecule has 0 fully saturated rings. The van der Waals surface area contributed by atoms with Crippen molar-refractivity contribution in [3.05, 3.63) is 42.2 Å². The van der Waals surface area contributed by atoms with Crippen LogP contribution in [0.15, 0.2) is 30.9 Å². The minimum Gasteiger partial charge on any atom is -0.449 e. The molecule has 6 heteroatoms. The molecule has 0 spiro atoms. The molecule has 0 aromatic heterocycles. The molecule has 0 saturated carbocycles. The maximum absolute atomic E-state index is 12.8. The number of amides is 1. The van der Waals surface area contributed by atoms with Gasteiger partial charge in [-0.3, -0.25) is 4.79 Å². The van der Waals surface area contributed by atoms with Gasteiger partial charge in [-0.15, -0.1) is 6.58 Å². The summed E-state index contributed by atoms with van der Waals surface area (Å²) >= 11 is 0. The Morgan fingerprint density at radius 2 is 2.26 bits per heavy atom. The first-order valence-electron chi connectivity index (χ1n) is 5.60. The van der Waals surface area contributed by atoms with Gasteiger partial charge in [0.1, 0.15) is 5.82 Å². The smallest absolute Gasteiger partial charge is 0.341 e. The molecule has 1 amide bonds. The lowest BCUT2D eigenvalue weighted by molar-refractivity contribution is -0.128. The number of hydrogen-bond donors (Lipinski definition) is 2. The van der Waals surface area contributed by atoms with Gasteiger partial charge in [-0.1, -0.05) is 6.08 Å². The molecule has 0 saturated heterocycles. The molecular weight excluding hydrogens is 251 g/mol. The van der Waals surface area contributed by atoms with E-state index < -0.39 is 23.8 Å². The fourth-order valence-corrected chi connectivity index (χ4v) is 1.31. The molecule has 19 heavy (non-hydrogen) atoms. The van der Waals surface area contributed by atoms with E-state index in [4.69, 9.17) is 10.5 Å². The van der Waals surface area contributed by atoms with Gasteiger partial charge in [0, 0.05) is 12.2 Å². The van der Waals surface area contributed by atoms with Crippen molar-refractivity contribution in [3.63, 3.8) is 0 Å². The first-order valence-corrected chi connectivity index (χ1v) is 5.60. The van der Waals surface area contributed by atoms with Crippen molar-refractivity contribution >= 4 is 17.6 Å². The van der Waals surface area contributed by atoms with Crippen LogP contribution in [0.2, 0.25) is 0 Å². The number of anilines is 1. The number of nitrogens with one attached hydrogen (secondary N) is 1. The molecule has 0 heterocycles. The molecule has 1 rings (SSSR count).